The van der Waals surface area contributed by atoms with Gasteiger partial charge in [-0.3, -0.25) is 0 Å². The van der Waals surface area contributed by atoms with Gasteiger partial charge in [0.05, 0.1) is 10.6 Å². The van der Waals surface area contributed by atoms with E-state index in [0.717, 1.165) is 21.7 Å². The van der Waals surface area contributed by atoms with Crippen molar-refractivity contribution >= 4 is 16.5 Å². The van der Waals surface area contributed by atoms with E-state index >= 15 is 0 Å². The highest BCUT2D eigenvalue weighted by molar-refractivity contribution is 7.19. The number of nitrogen functional groups attached to an aromatic ring is 1. The first-order valence-corrected chi connectivity index (χ1v) is 6.63. The Morgan fingerprint density at radius 1 is 0.947 bits per heavy atom. The first-order chi connectivity index (χ1) is 9.24. The van der Waals surface area contributed by atoms with E-state index < -0.39 is 0 Å². The van der Waals surface area contributed by atoms with Gasteiger partial charge >= 0.3 is 0 Å². The van der Waals surface area contributed by atoms with Crippen LogP contribution in [0.15, 0.2) is 54.6 Å². The lowest BCUT2D eigenvalue weighted by molar-refractivity contribution is 0.628. The van der Waals surface area contributed by atoms with E-state index in [-0.39, 0.29) is 5.82 Å². The molecule has 0 fully saturated rings. The number of nitrogens with two attached hydrogens (primary N) is 1. The molecule has 1 aromatic heterocycles. The molecule has 0 unspecified atom stereocenters. The van der Waals surface area contributed by atoms with E-state index in [0.29, 0.717) is 5.13 Å². The van der Waals surface area contributed by atoms with Crippen LogP contribution in [0.3, 0.4) is 0 Å². The maximum atomic E-state index is 13.3. The summed E-state index contributed by atoms with van der Waals surface area (Å²) in [5.41, 5.74) is 8.32. The molecule has 4 heteroatoms. The van der Waals surface area contributed by atoms with Gasteiger partial charge in [0.1, 0.15) is 5.82 Å². The van der Waals surface area contributed by atoms with E-state index in [4.69, 9.17) is 5.73 Å². The average Bonchev–Trinajstić information content (AvgIpc) is 2.82. The van der Waals surface area contributed by atoms with Crippen molar-refractivity contribution in [3.8, 4) is 21.7 Å². The fourth-order valence-corrected chi connectivity index (χ4v) is 2.81. The number of rotatable bonds is 2. The maximum Gasteiger partial charge on any atom is 0.181 e. The molecular weight excluding hydrogens is 259 g/mol. The SMILES string of the molecule is Nc1nc(-c2cccc(F)c2)c(-c2ccccc2)s1. The smallest absolute Gasteiger partial charge is 0.181 e. The zero-order chi connectivity index (χ0) is 13.2. The molecule has 0 radical (unpaired) electrons. The Kier molecular flexibility index (Phi) is 3.01. The van der Waals surface area contributed by atoms with Crippen molar-refractivity contribution in [2.75, 3.05) is 5.73 Å². The van der Waals surface area contributed by atoms with Crippen LogP contribution in [0.25, 0.3) is 21.7 Å². The summed E-state index contributed by atoms with van der Waals surface area (Å²) in [7, 11) is 0. The largest absolute Gasteiger partial charge is 0.375 e. The van der Waals surface area contributed by atoms with Gasteiger partial charge in [0.2, 0.25) is 0 Å². The van der Waals surface area contributed by atoms with Gasteiger partial charge in [0.25, 0.3) is 0 Å². The standard InChI is InChI=1S/C15H11FN2S/c16-12-8-4-7-11(9-12)13-14(19-15(17)18-13)10-5-2-1-3-6-10/h1-9H,(H2,17,18). The molecule has 0 saturated heterocycles. The molecule has 0 atom stereocenters. The molecule has 94 valence electrons. The first kappa shape index (κ1) is 11.9. The third kappa shape index (κ3) is 2.35. The van der Waals surface area contributed by atoms with E-state index in [2.05, 4.69) is 4.98 Å². The van der Waals surface area contributed by atoms with Crippen LogP contribution in [-0.2, 0) is 0 Å². The average molecular weight is 270 g/mol. The molecule has 2 N–H and O–H groups in total. The van der Waals surface area contributed by atoms with Gasteiger partial charge < -0.3 is 5.73 Å². The molecule has 2 nitrogen and oxygen atoms in total. The Balaban J connectivity index is 2.18. The lowest BCUT2D eigenvalue weighted by atomic mass is 10.1. The summed E-state index contributed by atoms with van der Waals surface area (Å²) in [6, 6.07) is 16.3. The minimum absolute atomic E-state index is 0.275. The Morgan fingerprint density at radius 2 is 1.68 bits per heavy atom. The van der Waals surface area contributed by atoms with Crippen molar-refractivity contribution in [1.82, 2.24) is 4.98 Å². The quantitative estimate of drug-likeness (QED) is 0.758. The first-order valence-electron chi connectivity index (χ1n) is 5.82. The van der Waals surface area contributed by atoms with Gasteiger partial charge in [0, 0.05) is 5.56 Å². The molecule has 0 bridgehead atoms. The molecule has 0 spiro atoms. The summed E-state index contributed by atoms with van der Waals surface area (Å²) in [5.74, 6) is -0.275. The van der Waals surface area contributed by atoms with Crippen LogP contribution in [0.5, 0.6) is 0 Å². The van der Waals surface area contributed by atoms with Gasteiger partial charge in [0.15, 0.2) is 5.13 Å². The van der Waals surface area contributed by atoms with Crippen molar-refractivity contribution in [2.24, 2.45) is 0 Å². The van der Waals surface area contributed by atoms with Crippen LogP contribution < -0.4 is 5.73 Å². The van der Waals surface area contributed by atoms with Crippen LogP contribution in [0, 0.1) is 5.82 Å². The van der Waals surface area contributed by atoms with Crippen LogP contribution in [0.4, 0.5) is 9.52 Å². The van der Waals surface area contributed by atoms with E-state index in [1.807, 2.05) is 36.4 Å². The van der Waals surface area contributed by atoms with Gasteiger partial charge in [-0.15, -0.1) is 0 Å². The van der Waals surface area contributed by atoms with Gasteiger partial charge in [-0.05, 0) is 17.7 Å². The fourth-order valence-electron chi connectivity index (χ4n) is 1.95. The highest BCUT2D eigenvalue weighted by atomic mass is 32.1. The molecule has 0 aliphatic rings. The predicted octanol–water partition coefficient (Wildman–Crippen LogP) is 4.20. The van der Waals surface area contributed by atoms with E-state index in [9.17, 15) is 4.39 Å². The minimum atomic E-state index is -0.275. The Morgan fingerprint density at radius 3 is 2.42 bits per heavy atom. The summed E-state index contributed by atoms with van der Waals surface area (Å²) >= 11 is 1.41. The molecule has 1 heterocycles. The van der Waals surface area contributed by atoms with Crippen molar-refractivity contribution in [3.63, 3.8) is 0 Å². The van der Waals surface area contributed by atoms with Gasteiger partial charge in [-0.25, -0.2) is 9.37 Å². The number of thiazole rings is 1. The normalized spacial score (nSPS) is 10.6. The Bertz CT molecular complexity index is 707. The number of hydrogen-bond donors (Lipinski definition) is 1. The maximum absolute atomic E-state index is 13.3. The van der Waals surface area contributed by atoms with Crippen molar-refractivity contribution in [2.45, 2.75) is 0 Å². The molecule has 0 amide bonds. The topological polar surface area (TPSA) is 38.9 Å². The number of benzene rings is 2. The van der Waals surface area contributed by atoms with E-state index in [1.165, 1.54) is 23.5 Å². The fraction of sp³-hybridized carbons (Fsp3) is 0. The predicted molar refractivity (Wildman–Crippen MR) is 77.4 cm³/mol. The monoisotopic (exact) mass is 270 g/mol. The molecule has 0 saturated carbocycles. The van der Waals surface area contributed by atoms with Crippen LogP contribution in [-0.4, -0.2) is 4.98 Å². The highest BCUT2D eigenvalue weighted by Crippen LogP contribution is 2.37. The second-order valence-electron chi connectivity index (χ2n) is 4.11. The summed E-state index contributed by atoms with van der Waals surface area (Å²) in [6.45, 7) is 0. The number of anilines is 1. The highest BCUT2D eigenvalue weighted by Gasteiger charge is 2.13. The van der Waals surface area contributed by atoms with Gasteiger partial charge in [-0.2, -0.15) is 0 Å². The summed E-state index contributed by atoms with van der Waals surface area (Å²) in [5, 5.41) is 0.484. The lowest BCUT2D eigenvalue weighted by Gasteiger charge is -2.02. The zero-order valence-electron chi connectivity index (χ0n) is 10.0. The number of nitrogens with zero attached hydrogens (tertiary/aromatic N) is 1. The number of hydrogen-bond acceptors (Lipinski definition) is 3. The number of halogens is 1. The Labute approximate surface area is 114 Å². The zero-order valence-corrected chi connectivity index (χ0v) is 10.8. The summed E-state index contributed by atoms with van der Waals surface area (Å²) < 4.78 is 13.3. The van der Waals surface area contributed by atoms with Crippen LogP contribution in [0.1, 0.15) is 0 Å². The second kappa shape index (κ2) is 4.82. The molecule has 19 heavy (non-hydrogen) atoms. The van der Waals surface area contributed by atoms with Crippen molar-refractivity contribution in [1.29, 1.82) is 0 Å². The Hall–Kier alpha value is -2.20. The summed E-state index contributed by atoms with van der Waals surface area (Å²) in [6.07, 6.45) is 0. The van der Waals surface area contributed by atoms with Crippen LogP contribution in [0.2, 0.25) is 0 Å². The van der Waals surface area contributed by atoms with Gasteiger partial charge in [-0.1, -0.05) is 53.8 Å². The summed E-state index contributed by atoms with van der Waals surface area (Å²) in [4.78, 5) is 5.29. The molecule has 0 aliphatic carbocycles. The van der Waals surface area contributed by atoms with Crippen LogP contribution >= 0.6 is 11.3 Å². The second-order valence-corrected chi connectivity index (χ2v) is 5.14. The lowest BCUT2D eigenvalue weighted by Crippen LogP contribution is -1.85. The van der Waals surface area contributed by atoms with Crippen molar-refractivity contribution in [3.05, 3.63) is 60.4 Å². The molecule has 3 aromatic rings. The third-order valence-electron chi connectivity index (χ3n) is 2.78. The van der Waals surface area contributed by atoms with Crippen molar-refractivity contribution < 1.29 is 4.39 Å². The molecule has 0 aliphatic heterocycles. The molecule has 2 aromatic carbocycles. The minimum Gasteiger partial charge on any atom is -0.375 e. The molecular formula is C15H11FN2S. The van der Waals surface area contributed by atoms with E-state index in [1.54, 1.807) is 6.07 Å². The third-order valence-corrected chi connectivity index (χ3v) is 3.71. The number of aromatic nitrogens is 1. The molecule has 3 rings (SSSR count).